The van der Waals surface area contributed by atoms with Gasteiger partial charge in [0, 0.05) is 82.2 Å². The molecule has 0 radical (unpaired) electrons. The zero-order chi connectivity index (χ0) is 42.9. The molecule has 1 atom stereocenters. The van der Waals surface area contributed by atoms with Crippen LogP contribution in [0.5, 0.6) is 0 Å². The first kappa shape index (κ1) is 44.9. The van der Waals surface area contributed by atoms with Crippen molar-refractivity contribution >= 4 is 159 Å². The summed E-state index contributed by atoms with van der Waals surface area (Å²) in [5.74, 6) is -0.908. The van der Waals surface area contributed by atoms with E-state index < -0.39 is 5.97 Å². The molecule has 314 valence electrons. The smallest absolute Gasteiger partial charge is 0.338 e. The van der Waals surface area contributed by atoms with Gasteiger partial charge in [-0.1, -0.05) is 6.92 Å². The van der Waals surface area contributed by atoms with E-state index in [4.69, 9.17) is 0 Å². The molecule has 6 heterocycles. The topological polar surface area (TPSA) is 71.4 Å². The number of ketones is 2. The summed E-state index contributed by atoms with van der Waals surface area (Å²) in [5, 5.41) is 11.1. The Kier molecular flexibility index (Phi) is 11.1. The first-order valence-corrected chi connectivity index (χ1v) is 29.2. The van der Waals surface area contributed by atoms with Crippen LogP contribution in [0.3, 0.4) is 0 Å². The standard InChI is InChI=1S/C43H46O4S12/c1-15-17(45)19-27-31(54-40(7,8)50-27)22(32-28(19)51-41(9,10)55-32)20(21-29-25(48-38(3,4)52-29)18(16(2)44)26-30(21)53-39(5,6)49-26)23-33-35(58-42(11,12)56-33)24(37(46)47)36-34(23)57-43(13,14)59-36/h20H,15H2,1-14H3,(H,46,47). The molecule has 59 heavy (non-hydrogen) atoms. The monoisotopic (exact) mass is 1010 g/mol. The van der Waals surface area contributed by atoms with Crippen LogP contribution in [-0.4, -0.2) is 47.1 Å². The SMILES string of the molecule is CCC(=O)c1c2c(c(C(c3c4c(c(C(C)=O)c5c3SC(C)(C)S5)SC(C)(C)S4)c3c4c(c(C(=O)O)c5c3SC(C)(C)S5)SC(C)(C)S4)c3c1SC(C)(C)S3)SC(C)(C)S2. The van der Waals surface area contributed by atoms with Crippen molar-refractivity contribution in [2.45, 2.75) is 192 Å². The molecule has 0 aromatic heterocycles. The summed E-state index contributed by atoms with van der Waals surface area (Å²) in [6.07, 6.45) is 0.432. The molecule has 1 N–H and O–H groups in total. The minimum Gasteiger partial charge on any atom is -0.478 e. The van der Waals surface area contributed by atoms with E-state index >= 15 is 0 Å². The van der Waals surface area contributed by atoms with Gasteiger partial charge in [0.1, 0.15) is 0 Å². The molecule has 3 aromatic carbocycles. The maximum Gasteiger partial charge on any atom is 0.338 e. The number of fused-ring (bicyclic) bond motifs is 6. The molecule has 0 spiro atoms. The van der Waals surface area contributed by atoms with Gasteiger partial charge < -0.3 is 5.11 Å². The van der Waals surface area contributed by atoms with Crippen LogP contribution >= 0.6 is 141 Å². The third kappa shape index (κ3) is 7.48. The highest BCUT2D eigenvalue weighted by Gasteiger charge is 2.53. The molecular weight excluding hydrogens is 965 g/mol. The van der Waals surface area contributed by atoms with Crippen LogP contribution < -0.4 is 0 Å². The number of carbonyl (C=O) groups is 3. The Morgan fingerprint density at radius 3 is 0.847 bits per heavy atom. The molecule has 0 bridgehead atoms. The van der Waals surface area contributed by atoms with Gasteiger partial charge in [0.2, 0.25) is 0 Å². The van der Waals surface area contributed by atoms with Crippen molar-refractivity contribution in [3.8, 4) is 0 Å². The van der Waals surface area contributed by atoms with Crippen molar-refractivity contribution in [2.24, 2.45) is 0 Å². The van der Waals surface area contributed by atoms with Crippen LogP contribution in [-0.2, 0) is 0 Å². The Bertz CT molecular complexity index is 2250. The first-order valence-electron chi connectivity index (χ1n) is 19.4. The number of hydrogen-bond donors (Lipinski definition) is 1. The molecule has 0 aliphatic carbocycles. The van der Waals surface area contributed by atoms with Crippen LogP contribution in [0.1, 0.15) is 157 Å². The Balaban J connectivity index is 1.53. The molecule has 16 heteroatoms. The van der Waals surface area contributed by atoms with Gasteiger partial charge in [-0.3, -0.25) is 9.59 Å². The van der Waals surface area contributed by atoms with Gasteiger partial charge in [-0.25, -0.2) is 4.79 Å². The zero-order valence-corrected chi connectivity index (χ0v) is 45.2. The van der Waals surface area contributed by atoms with Gasteiger partial charge in [0.05, 0.1) is 30.0 Å². The van der Waals surface area contributed by atoms with Crippen LogP contribution in [0.15, 0.2) is 58.7 Å². The number of hydrogen-bond acceptors (Lipinski definition) is 15. The number of carboxylic acids is 1. The summed E-state index contributed by atoms with van der Waals surface area (Å²) in [6.45, 7) is 30.8. The molecule has 0 fully saturated rings. The number of benzene rings is 3. The van der Waals surface area contributed by atoms with Crippen molar-refractivity contribution in [2.75, 3.05) is 0 Å². The van der Waals surface area contributed by atoms with Gasteiger partial charge in [-0.2, -0.15) is 0 Å². The van der Waals surface area contributed by atoms with Gasteiger partial charge in [-0.05, 0) is 107 Å². The highest BCUT2D eigenvalue weighted by atomic mass is 32.2. The van der Waals surface area contributed by atoms with Gasteiger partial charge in [-0.15, -0.1) is 141 Å². The summed E-state index contributed by atoms with van der Waals surface area (Å²) in [6, 6.07) is 0. The predicted molar refractivity (Wildman–Crippen MR) is 267 cm³/mol. The number of thioether (sulfide) groups is 12. The van der Waals surface area contributed by atoms with E-state index in [1.165, 1.54) is 36.3 Å². The molecule has 6 aliphatic rings. The van der Waals surface area contributed by atoms with E-state index in [9.17, 15) is 19.5 Å². The molecule has 4 nitrogen and oxygen atoms in total. The summed E-state index contributed by atoms with van der Waals surface area (Å²) in [4.78, 5) is 54.8. The van der Waals surface area contributed by atoms with Crippen molar-refractivity contribution in [1.82, 2.24) is 0 Å². The Hall–Kier alpha value is 0.670. The minimum absolute atomic E-state index is 0.0961. The average Bonchev–Trinajstić information content (AvgIpc) is 3.88. The van der Waals surface area contributed by atoms with Crippen LogP contribution in [0, 0.1) is 0 Å². The fourth-order valence-electron chi connectivity index (χ4n) is 8.46. The average molecular weight is 1010 g/mol. The Labute approximate surface area is 399 Å². The molecule has 6 aliphatic heterocycles. The minimum atomic E-state index is -0.876. The van der Waals surface area contributed by atoms with Crippen molar-refractivity contribution in [3.05, 3.63) is 33.4 Å². The molecule has 0 saturated heterocycles. The number of carbonyl (C=O) groups excluding carboxylic acids is 2. The second-order valence-electron chi connectivity index (χ2n) is 18.0. The third-order valence-corrected chi connectivity index (χ3v) is 27.4. The lowest BCUT2D eigenvalue weighted by atomic mass is 9.82. The number of carboxylic acid groups (broad SMARTS) is 1. The van der Waals surface area contributed by atoms with Crippen molar-refractivity contribution in [3.63, 3.8) is 0 Å². The van der Waals surface area contributed by atoms with Crippen LogP contribution in [0.25, 0.3) is 0 Å². The first-order chi connectivity index (χ1) is 27.1. The number of rotatable bonds is 7. The lowest BCUT2D eigenvalue weighted by Crippen LogP contribution is -2.16. The molecule has 0 amide bonds. The van der Waals surface area contributed by atoms with E-state index in [2.05, 4.69) is 83.1 Å². The second-order valence-corrected chi connectivity index (χ2v) is 39.2. The van der Waals surface area contributed by atoms with E-state index in [0.717, 1.165) is 50.3 Å². The number of Topliss-reactive ketones (excluding diaryl/α,β-unsaturated/α-hetero) is 2. The highest BCUT2D eigenvalue weighted by molar-refractivity contribution is 8.23. The lowest BCUT2D eigenvalue weighted by Gasteiger charge is -2.32. The summed E-state index contributed by atoms with van der Waals surface area (Å²) in [5.41, 5.74) is 5.83. The summed E-state index contributed by atoms with van der Waals surface area (Å²) < 4.78 is -1.48. The predicted octanol–water partition coefficient (Wildman–Crippen LogP) is 17.0. The van der Waals surface area contributed by atoms with Crippen molar-refractivity contribution in [1.29, 1.82) is 0 Å². The van der Waals surface area contributed by atoms with E-state index in [1.807, 2.05) is 125 Å². The summed E-state index contributed by atoms with van der Waals surface area (Å²) in [7, 11) is 0. The molecule has 1 unspecified atom stereocenters. The maximum atomic E-state index is 14.3. The second kappa shape index (κ2) is 14.6. The van der Waals surface area contributed by atoms with Crippen molar-refractivity contribution < 1.29 is 19.5 Å². The third-order valence-electron chi connectivity index (χ3n) is 10.3. The van der Waals surface area contributed by atoms with Gasteiger partial charge >= 0.3 is 5.97 Å². The largest absolute Gasteiger partial charge is 0.478 e. The van der Waals surface area contributed by atoms with Gasteiger partial charge in [0.15, 0.2) is 11.6 Å². The lowest BCUT2D eigenvalue weighted by molar-refractivity contribution is 0.0687. The highest BCUT2D eigenvalue weighted by Crippen LogP contribution is 2.74. The maximum absolute atomic E-state index is 14.3. The quantitative estimate of drug-likeness (QED) is 0.180. The fourth-order valence-corrected chi connectivity index (χ4v) is 26.5. The molecule has 0 saturated carbocycles. The van der Waals surface area contributed by atoms with Crippen LogP contribution in [0.4, 0.5) is 0 Å². The van der Waals surface area contributed by atoms with Gasteiger partial charge in [0.25, 0.3) is 0 Å². The zero-order valence-electron chi connectivity index (χ0n) is 35.4. The Morgan fingerprint density at radius 1 is 0.407 bits per heavy atom. The van der Waals surface area contributed by atoms with E-state index in [1.54, 1.807) is 30.4 Å². The Morgan fingerprint density at radius 2 is 0.627 bits per heavy atom. The summed E-state index contributed by atoms with van der Waals surface area (Å²) >= 11 is 21.8. The molecular formula is C43H46O4S12. The fraction of sp³-hybridized carbons (Fsp3) is 0.512. The van der Waals surface area contributed by atoms with E-state index in [-0.39, 0.29) is 42.0 Å². The number of aromatic carboxylic acids is 1. The van der Waals surface area contributed by atoms with E-state index in [0.29, 0.717) is 12.0 Å². The molecule has 3 aromatic rings. The molecule has 9 rings (SSSR count). The van der Waals surface area contributed by atoms with Crippen LogP contribution in [0.2, 0.25) is 0 Å². The normalized spacial score (nSPS) is 23.0.